The van der Waals surface area contributed by atoms with Crippen molar-refractivity contribution in [2.75, 3.05) is 6.54 Å². The molecule has 1 aliphatic rings. The number of para-hydroxylation sites is 1. The van der Waals surface area contributed by atoms with Crippen LogP contribution < -0.4 is 0 Å². The predicted molar refractivity (Wildman–Crippen MR) is 90.3 cm³/mol. The molecule has 4 rings (SSSR count). The van der Waals surface area contributed by atoms with E-state index in [0.717, 1.165) is 30.4 Å². The Balaban J connectivity index is 1.60. The van der Waals surface area contributed by atoms with Crippen molar-refractivity contribution >= 4 is 28.3 Å². The molecular weight excluding hydrogens is 308 g/mol. The molecule has 1 aliphatic heterocycles. The Morgan fingerprint density at radius 2 is 2.22 bits per heavy atom. The lowest BCUT2D eigenvalue weighted by Gasteiger charge is -2.35. The zero-order valence-corrected chi connectivity index (χ0v) is 13.8. The molecular formula is C17H18N4OS. The topological polar surface area (TPSA) is 51.0 Å². The average molecular weight is 326 g/mol. The van der Waals surface area contributed by atoms with Crippen LogP contribution in [-0.4, -0.2) is 32.3 Å². The van der Waals surface area contributed by atoms with Gasteiger partial charge in [0.1, 0.15) is 12.1 Å². The van der Waals surface area contributed by atoms with E-state index in [1.807, 2.05) is 29.2 Å². The van der Waals surface area contributed by atoms with Gasteiger partial charge in [0, 0.05) is 11.4 Å². The van der Waals surface area contributed by atoms with Crippen molar-refractivity contribution in [3.63, 3.8) is 0 Å². The summed E-state index contributed by atoms with van der Waals surface area (Å²) in [6, 6.07) is 10.1. The number of rotatable bonds is 3. The van der Waals surface area contributed by atoms with Crippen LogP contribution in [0.2, 0.25) is 0 Å². The number of amides is 1. The first-order chi connectivity index (χ1) is 11.3. The minimum absolute atomic E-state index is 0.115. The molecule has 0 aliphatic carbocycles. The van der Waals surface area contributed by atoms with E-state index in [1.165, 1.54) is 10.4 Å². The van der Waals surface area contributed by atoms with Crippen molar-refractivity contribution in [3.8, 4) is 0 Å². The summed E-state index contributed by atoms with van der Waals surface area (Å²) in [5.41, 5.74) is 3.05. The molecule has 0 radical (unpaired) electrons. The lowest BCUT2D eigenvalue weighted by Crippen LogP contribution is -2.41. The quantitative estimate of drug-likeness (QED) is 0.743. The molecule has 1 atom stereocenters. The van der Waals surface area contributed by atoms with Gasteiger partial charge in [-0.15, -0.1) is 16.4 Å². The molecule has 23 heavy (non-hydrogen) atoms. The molecule has 5 nitrogen and oxygen atoms in total. The van der Waals surface area contributed by atoms with Crippen LogP contribution in [-0.2, 0) is 17.8 Å². The fourth-order valence-electron chi connectivity index (χ4n) is 3.39. The number of hydrogen-bond donors (Lipinski definition) is 0. The molecule has 3 heterocycles. The third-order valence-corrected chi connectivity index (χ3v) is 5.50. The first-order valence-corrected chi connectivity index (χ1v) is 8.80. The minimum Gasteiger partial charge on any atom is -0.334 e. The van der Waals surface area contributed by atoms with Crippen LogP contribution in [0.25, 0.3) is 11.0 Å². The first kappa shape index (κ1) is 14.4. The van der Waals surface area contributed by atoms with Gasteiger partial charge in [0.25, 0.3) is 0 Å². The molecule has 2 aromatic heterocycles. The standard InChI is InChI=1S/C17H18N4OS/c1-2-14-12-8-10-23-16(12)7-9-20(14)17(22)11-21-15-6-4-3-5-13(15)18-19-21/h3-6,8,10,14H,2,7,9,11H2,1H3. The highest BCUT2D eigenvalue weighted by Gasteiger charge is 2.30. The van der Waals surface area contributed by atoms with Crippen molar-refractivity contribution in [2.45, 2.75) is 32.4 Å². The number of carbonyl (C=O) groups is 1. The van der Waals surface area contributed by atoms with Gasteiger partial charge in [-0.1, -0.05) is 24.3 Å². The van der Waals surface area contributed by atoms with Crippen molar-refractivity contribution in [1.29, 1.82) is 0 Å². The minimum atomic E-state index is 0.115. The molecule has 0 fully saturated rings. The highest BCUT2D eigenvalue weighted by Crippen LogP contribution is 2.35. The lowest BCUT2D eigenvalue weighted by molar-refractivity contribution is -0.135. The fraction of sp³-hybridized carbons (Fsp3) is 0.353. The van der Waals surface area contributed by atoms with Crippen molar-refractivity contribution in [1.82, 2.24) is 19.9 Å². The molecule has 3 aromatic rings. The SMILES string of the molecule is CCC1c2ccsc2CCN1C(=O)Cn1nnc2ccccc21. The molecule has 1 unspecified atom stereocenters. The molecule has 0 saturated heterocycles. The van der Waals surface area contributed by atoms with Gasteiger partial charge in [0.05, 0.1) is 11.6 Å². The van der Waals surface area contributed by atoms with E-state index in [9.17, 15) is 4.79 Å². The van der Waals surface area contributed by atoms with Gasteiger partial charge in [-0.25, -0.2) is 4.68 Å². The summed E-state index contributed by atoms with van der Waals surface area (Å²) in [6.45, 7) is 3.18. The molecule has 0 spiro atoms. The molecule has 0 saturated carbocycles. The van der Waals surface area contributed by atoms with Crippen LogP contribution in [0, 0.1) is 0 Å². The largest absolute Gasteiger partial charge is 0.334 e. The number of carbonyl (C=O) groups excluding carboxylic acids is 1. The molecule has 0 N–H and O–H groups in total. The second kappa shape index (κ2) is 5.77. The summed E-state index contributed by atoms with van der Waals surface area (Å²) in [5.74, 6) is 0.115. The molecule has 6 heteroatoms. The van der Waals surface area contributed by atoms with Gasteiger partial charge in [0.2, 0.25) is 5.91 Å². The van der Waals surface area contributed by atoms with Gasteiger partial charge in [-0.2, -0.15) is 0 Å². The normalized spacial score (nSPS) is 17.4. The second-order valence-electron chi connectivity index (χ2n) is 5.80. The van der Waals surface area contributed by atoms with Crippen LogP contribution in [0.4, 0.5) is 0 Å². The Labute approximate surface area is 138 Å². The van der Waals surface area contributed by atoms with E-state index in [4.69, 9.17) is 0 Å². The molecule has 1 aromatic carbocycles. The van der Waals surface area contributed by atoms with E-state index in [0.29, 0.717) is 0 Å². The van der Waals surface area contributed by atoms with Crippen LogP contribution in [0.3, 0.4) is 0 Å². The summed E-state index contributed by atoms with van der Waals surface area (Å²) >= 11 is 1.80. The maximum absolute atomic E-state index is 12.9. The Kier molecular flexibility index (Phi) is 3.61. The van der Waals surface area contributed by atoms with Crippen LogP contribution in [0.15, 0.2) is 35.7 Å². The molecule has 1 amide bonds. The predicted octanol–water partition coefficient (Wildman–Crippen LogP) is 3.03. The highest BCUT2D eigenvalue weighted by molar-refractivity contribution is 7.10. The van der Waals surface area contributed by atoms with Gasteiger partial charge in [-0.05, 0) is 42.0 Å². The van der Waals surface area contributed by atoms with E-state index >= 15 is 0 Å². The van der Waals surface area contributed by atoms with Crippen LogP contribution in [0.1, 0.15) is 29.8 Å². The summed E-state index contributed by atoms with van der Waals surface area (Å²) < 4.78 is 1.70. The van der Waals surface area contributed by atoms with Gasteiger partial charge < -0.3 is 4.90 Å². The van der Waals surface area contributed by atoms with Crippen molar-refractivity contribution in [2.24, 2.45) is 0 Å². The maximum Gasteiger partial charge on any atom is 0.244 e. The van der Waals surface area contributed by atoms with Crippen LogP contribution >= 0.6 is 11.3 Å². The summed E-state index contributed by atoms with van der Waals surface area (Å²) in [7, 11) is 0. The summed E-state index contributed by atoms with van der Waals surface area (Å²) in [6.07, 6.45) is 1.89. The number of nitrogens with zero attached hydrogens (tertiary/aromatic N) is 4. The number of fused-ring (bicyclic) bond motifs is 2. The monoisotopic (exact) mass is 326 g/mol. The van der Waals surface area contributed by atoms with Crippen molar-refractivity contribution < 1.29 is 4.79 Å². The first-order valence-electron chi connectivity index (χ1n) is 7.92. The van der Waals surface area contributed by atoms with Crippen LogP contribution in [0.5, 0.6) is 0 Å². The number of thiophene rings is 1. The maximum atomic E-state index is 12.9. The molecule has 0 bridgehead atoms. The van der Waals surface area contributed by atoms with E-state index in [1.54, 1.807) is 16.0 Å². The third kappa shape index (κ3) is 2.43. The molecule has 118 valence electrons. The number of aromatic nitrogens is 3. The Morgan fingerprint density at radius 1 is 1.35 bits per heavy atom. The third-order valence-electron chi connectivity index (χ3n) is 4.51. The second-order valence-corrected chi connectivity index (χ2v) is 6.80. The zero-order valence-electron chi connectivity index (χ0n) is 13.0. The summed E-state index contributed by atoms with van der Waals surface area (Å²) in [5, 5.41) is 10.4. The van der Waals surface area contributed by atoms with Gasteiger partial charge >= 0.3 is 0 Å². The van der Waals surface area contributed by atoms with Crippen molar-refractivity contribution in [3.05, 3.63) is 46.2 Å². The zero-order chi connectivity index (χ0) is 15.8. The van der Waals surface area contributed by atoms with E-state index in [-0.39, 0.29) is 18.5 Å². The average Bonchev–Trinajstić information content (AvgIpc) is 3.21. The Hall–Kier alpha value is -2.21. The number of benzene rings is 1. The smallest absolute Gasteiger partial charge is 0.244 e. The van der Waals surface area contributed by atoms with E-state index < -0.39 is 0 Å². The fourth-order valence-corrected chi connectivity index (χ4v) is 4.32. The lowest BCUT2D eigenvalue weighted by atomic mass is 9.98. The Bertz CT molecular complexity index is 853. The number of hydrogen-bond acceptors (Lipinski definition) is 4. The highest BCUT2D eigenvalue weighted by atomic mass is 32.1. The summed E-state index contributed by atoms with van der Waals surface area (Å²) in [4.78, 5) is 16.3. The van der Waals surface area contributed by atoms with Gasteiger partial charge in [0.15, 0.2) is 0 Å². The Morgan fingerprint density at radius 3 is 3.09 bits per heavy atom. The van der Waals surface area contributed by atoms with Gasteiger partial charge in [-0.3, -0.25) is 4.79 Å². The van der Waals surface area contributed by atoms with E-state index in [2.05, 4.69) is 28.7 Å².